The number of carbonyl (C=O) groups is 1. The number of nitrogens with zero attached hydrogens (tertiary/aromatic N) is 2. The number of hydrogen-bond acceptors (Lipinski definition) is 4. The van der Waals surface area contributed by atoms with Crippen molar-refractivity contribution >= 4 is 33.3 Å². The predicted molar refractivity (Wildman–Crippen MR) is 80.6 cm³/mol. The number of rotatable bonds is 3. The van der Waals surface area contributed by atoms with E-state index >= 15 is 0 Å². The van der Waals surface area contributed by atoms with Gasteiger partial charge in [0, 0.05) is 23.4 Å². The highest BCUT2D eigenvalue weighted by Gasteiger charge is 2.14. The number of hydrogen-bond donors (Lipinski definition) is 2. The van der Waals surface area contributed by atoms with Crippen LogP contribution in [0.2, 0.25) is 0 Å². The predicted octanol–water partition coefficient (Wildman–Crippen LogP) is 3.15. The van der Waals surface area contributed by atoms with Crippen LogP contribution in [0.5, 0.6) is 0 Å². The van der Waals surface area contributed by atoms with Gasteiger partial charge in [-0.3, -0.25) is 4.79 Å². The molecule has 21 heavy (non-hydrogen) atoms. The zero-order valence-electron chi connectivity index (χ0n) is 10.9. The molecule has 1 aromatic carbocycles. The standard InChI is InChI=1S/C14H10BrFN4O/c1-18-13-11(5-9(15)7-19-13)14(21)20-10-2-3-12(16)8(4-10)6-17/h2-5,7H,1H3,(H,18,19)(H,20,21). The van der Waals surface area contributed by atoms with Crippen LogP contribution in [0.15, 0.2) is 34.9 Å². The maximum Gasteiger partial charge on any atom is 0.259 e. The molecule has 2 rings (SSSR count). The van der Waals surface area contributed by atoms with E-state index in [9.17, 15) is 9.18 Å². The molecule has 5 nitrogen and oxygen atoms in total. The average Bonchev–Trinajstić information content (AvgIpc) is 2.49. The molecule has 0 bridgehead atoms. The van der Waals surface area contributed by atoms with Crippen molar-refractivity contribution in [2.45, 2.75) is 0 Å². The van der Waals surface area contributed by atoms with Crippen LogP contribution in [0.25, 0.3) is 0 Å². The first-order chi connectivity index (χ1) is 10.0. The van der Waals surface area contributed by atoms with Gasteiger partial charge in [0.05, 0.1) is 11.1 Å². The molecule has 0 unspecified atom stereocenters. The van der Waals surface area contributed by atoms with Gasteiger partial charge in [-0.05, 0) is 40.2 Å². The Labute approximate surface area is 128 Å². The summed E-state index contributed by atoms with van der Waals surface area (Å²) in [6, 6.07) is 7.13. The summed E-state index contributed by atoms with van der Waals surface area (Å²) in [4.78, 5) is 16.3. The molecule has 0 saturated carbocycles. The summed E-state index contributed by atoms with van der Waals surface area (Å²) in [6.07, 6.45) is 1.56. The quantitative estimate of drug-likeness (QED) is 0.892. The van der Waals surface area contributed by atoms with E-state index in [0.717, 1.165) is 6.07 Å². The molecule has 7 heteroatoms. The van der Waals surface area contributed by atoms with Gasteiger partial charge in [0.25, 0.3) is 5.91 Å². The summed E-state index contributed by atoms with van der Waals surface area (Å²) in [5.41, 5.74) is 0.531. The number of aromatic nitrogens is 1. The molecule has 0 aliphatic carbocycles. The van der Waals surface area contributed by atoms with Gasteiger partial charge in [-0.1, -0.05) is 0 Å². The molecule has 0 aliphatic rings. The van der Waals surface area contributed by atoms with E-state index in [1.807, 2.05) is 0 Å². The fourth-order valence-corrected chi connectivity index (χ4v) is 2.03. The smallest absolute Gasteiger partial charge is 0.259 e. The van der Waals surface area contributed by atoms with Crippen LogP contribution in [0.1, 0.15) is 15.9 Å². The Bertz CT molecular complexity index is 742. The maximum absolute atomic E-state index is 13.2. The minimum absolute atomic E-state index is 0.131. The maximum atomic E-state index is 13.2. The van der Waals surface area contributed by atoms with Gasteiger partial charge in [-0.2, -0.15) is 5.26 Å². The van der Waals surface area contributed by atoms with Crippen molar-refractivity contribution in [3.8, 4) is 6.07 Å². The van der Waals surface area contributed by atoms with Crippen molar-refractivity contribution in [2.24, 2.45) is 0 Å². The molecule has 0 aliphatic heterocycles. The monoisotopic (exact) mass is 348 g/mol. The first-order valence-corrected chi connectivity index (χ1v) is 6.68. The third-order valence-electron chi connectivity index (χ3n) is 2.68. The van der Waals surface area contributed by atoms with Crippen LogP contribution in [0, 0.1) is 17.1 Å². The molecule has 1 amide bonds. The van der Waals surface area contributed by atoms with Crippen molar-refractivity contribution in [3.05, 3.63) is 51.9 Å². The summed E-state index contributed by atoms with van der Waals surface area (Å²) in [5.74, 6) is -0.627. The molecule has 0 saturated heterocycles. The van der Waals surface area contributed by atoms with Crippen molar-refractivity contribution in [3.63, 3.8) is 0 Å². The second-order valence-electron chi connectivity index (χ2n) is 4.06. The van der Waals surface area contributed by atoms with Crippen LogP contribution in [-0.4, -0.2) is 17.9 Å². The molecule has 2 aromatic rings. The van der Waals surface area contributed by atoms with Crippen LogP contribution < -0.4 is 10.6 Å². The highest BCUT2D eigenvalue weighted by atomic mass is 79.9. The van der Waals surface area contributed by atoms with Crippen LogP contribution in [0.3, 0.4) is 0 Å². The molecule has 0 fully saturated rings. The SMILES string of the molecule is CNc1ncc(Br)cc1C(=O)Nc1ccc(F)c(C#N)c1. The Morgan fingerprint density at radius 2 is 2.19 bits per heavy atom. The fourth-order valence-electron chi connectivity index (χ4n) is 1.70. The second-order valence-corrected chi connectivity index (χ2v) is 4.98. The lowest BCUT2D eigenvalue weighted by molar-refractivity contribution is 0.102. The summed E-state index contributed by atoms with van der Waals surface area (Å²) < 4.78 is 13.9. The summed E-state index contributed by atoms with van der Waals surface area (Å²) in [5, 5.41) is 14.2. The summed E-state index contributed by atoms with van der Waals surface area (Å²) in [7, 11) is 1.65. The second kappa shape index (κ2) is 6.33. The number of anilines is 2. The molecule has 0 radical (unpaired) electrons. The first-order valence-electron chi connectivity index (χ1n) is 5.89. The van der Waals surface area contributed by atoms with Gasteiger partial charge >= 0.3 is 0 Å². The molecule has 0 spiro atoms. The van der Waals surface area contributed by atoms with E-state index in [2.05, 4.69) is 31.5 Å². The topological polar surface area (TPSA) is 77.8 Å². The van der Waals surface area contributed by atoms with Gasteiger partial charge in [-0.25, -0.2) is 9.37 Å². The molecule has 106 valence electrons. The van der Waals surface area contributed by atoms with Gasteiger partial charge in [0.15, 0.2) is 0 Å². The van der Waals surface area contributed by atoms with Crippen molar-refractivity contribution < 1.29 is 9.18 Å². The summed E-state index contributed by atoms with van der Waals surface area (Å²) in [6.45, 7) is 0. The minimum Gasteiger partial charge on any atom is -0.372 e. The van der Waals surface area contributed by atoms with Crippen molar-refractivity contribution in [1.82, 2.24) is 4.98 Å². The van der Waals surface area contributed by atoms with Gasteiger partial charge in [-0.15, -0.1) is 0 Å². The first kappa shape index (κ1) is 14.9. The van der Waals surface area contributed by atoms with E-state index in [0.29, 0.717) is 21.5 Å². The Morgan fingerprint density at radius 1 is 1.43 bits per heavy atom. The fraction of sp³-hybridized carbons (Fsp3) is 0.0714. The summed E-state index contributed by atoms with van der Waals surface area (Å²) >= 11 is 3.25. The number of nitrogens with one attached hydrogen (secondary N) is 2. The Kier molecular flexibility index (Phi) is 4.50. The highest BCUT2D eigenvalue weighted by molar-refractivity contribution is 9.10. The third-order valence-corrected chi connectivity index (χ3v) is 3.11. The number of benzene rings is 1. The molecular formula is C14H10BrFN4O. The van der Waals surface area contributed by atoms with Crippen molar-refractivity contribution in [2.75, 3.05) is 17.7 Å². The Balaban J connectivity index is 2.30. The number of amides is 1. The average molecular weight is 349 g/mol. The largest absolute Gasteiger partial charge is 0.372 e. The van der Waals surface area contributed by atoms with E-state index in [1.165, 1.54) is 12.1 Å². The molecule has 2 N–H and O–H groups in total. The molecule has 1 aromatic heterocycles. The zero-order valence-corrected chi connectivity index (χ0v) is 12.5. The van der Waals surface area contributed by atoms with Crippen LogP contribution in [0.4, 0.5) is 15.9 Å². The van der Waals surface area contributed by atoms with Gasteiger partial charge in [0.1, 0.15) is 17.7 Å². The Morgan fingerprint density at radius 3 is 2.86 bits per heavy atom. The van der Waals surface area contributed by atoms with Gasteiger partial charge < -0.3 is 10.6 Å². The Hall–Kier alpha value is -2.46. The van der Waals surface area contributed by atoms with Gasteiger partial charge in [0.2, 0.25) is 0 Å². The number of carbonyl (C=O) groups excluding carboxylic acids is 1. The molecule has 0 atom stereocenters. The number of halogens is 2. The van der Waals surface area contributed by atoms with E-state index in [-0.39, 0.29) is 5.56 Å². The van der Waals surface area contributed by atoms with E-state index in [4.69, 9.17) is 5.26 Å². The molecular weight excluding hydrogens is 339 g/mol. The highest BCUT2D eigenvalue weighted by Crippen LogP contribution is 2.20. The number of nitriles is 1. The third kappa shape index (κ3) is 3.35. The lowest BCUT2D eigenvalue weighted by Crippen LogP contribution is -2.15. The van der Waals surface area contributed by atoms with Crippen LogP contribution >= 0.6 is 15.9 Å². The lowest BCUT2D eigenvalue weighted by Gasteiger charge is -2.10. The van der Waals surface area contributed by atoms with Crippen molar-refractivity contribution in [1.29, 1.82) is 5.26 Å². The van der Waals surface area contributed by atoms with E-state index in [1.54, 1.807) is 25.4 Å². The number of pyridine rings is 1. The van der Waals surface area contributed by atoms with Crippen LogP contribution in [-0.2, 0) is 0 Å². The normalized spacial score (nSPS) is 9.81. The lowest BCUT2D eigenvalue weighted by atomic mass is 10.2. The zero-order chi connectivity index (χ0) is 15.4. The minimum atomic E-state index is -0.629. The molecule has 1 heterocycles. The van der Waals surface area contributed by atoms with E-state index < -0.39 is 11.7 Å².